The third kappa shape index (κ3) is 5.33. The van der Waals surface area contributed by atoms with Crippen molar-refractivity contribution in [2.75, 3.05) is 52.5 Å². The second kappa shape index (κ2) is 7.06. The van der Waals surface area contributed by atoms with Crippen molar-refractivity contribution >= 4 is 15.9 Å². The minimum absolute atomic E-state index is 0.0564. The van der Waals surface area contributed by atoms with Crippen LogP contribution in [0.15, 0.2) is 0 Å². The molecule has 1 aliphatic heterocycles. The average Bonchev–Trinajstić information content (AvgIpc) is 2.66. The molecule has 0 saturated carbocycles. The molecule has 1 rings (SSSR count). The first kappa shape index (κ1) is 16.2. The molecule has 1 unspecified atom stereocenters. The highest BCUT2D eigenvalue weighted by molar-refractivity contribution is 7.91. The Bertz CT molecular complexity index is 397. The minimum Gasteiger partial charge on any atom is -0.364 e. The smallest absolute Gasteiger partial charge is 0.319 e. The lowest BCUT2D eigenvalue weighted by Gasteiger charge is -2.29. The molecule has 1 saturated heterocycles. The van der Waals surface area contributed by atoms with Crippen molar-refractivity contribution in [3.63, 3.8) is 0 Å². The molecule has 8 heteroatoms. The number of hydrogen-bond acceptors (Lipinski definition) is 5. The molecular weight excluding hydrogens is 270 g/mol. The molecular formula is C11H23N3O4S. The van der Waals surface area contributed by atoms with E-state index >= 15 is 0 Å². The van der Waals surface area contributed by atoms with Crippen molar-refractivity contribution in [3.8, 4) is 0 Å². The molecule has 0 aliphatic carbocycles. The number of urea groups is 1. The zero-order valence-electron chi connectivity index (χ0n) is 11.8. The highest BCUT2D eigenvalue weighted by atomic mass is 32.2. The number of sulfone groups is 1. The van der Waals surface area contributed by atoms with Crippen molar-refractivity contribution in [1.29, 1.82) is 0 Å². The standard InChI is InChI=1S/C11H23N3O4S/c1-13(2)5-6-14(11(15)12-9-18-3)10-4-7-19(16,17)8-10/h10H,4-9H2,1-3H3,(H,12,15). The summed E-state index contributed by atoms with van der Waals surface area (Å²) < 4.78 is 27.9. The van der Waals surface area contributed by atoms with E-state index < -0.39 is 9.84 Å². The van der Waals surface area contributed by atoms with Crippen LogP contribution in [0.1, 0.15) is 6.42 Å². The molecule has 1 fully saturated rings. The van der Waals surface area contributed by atoms with Gasteiger partial charge in [-0.15, -0.1) is 0 Å². The Hall–Kier alpha value is -0.860. The largest absolute Gasteiger partial charge is 0.364 e. The monoisotopic (exact) mass is 293 g/mol. The molecule has 0 aromatic carbocycles. The van der Waals surface area contributed by atoms with E-state index in [-0.39, 0.29) is 30.3 Å². The molecule has 0 spiro atoms. The summed E-state index contributed by atoms with van der Waals surface area (Å²) in [6.07, 6.45) is 0.510. The van der Waals surface area contributed by atoms with Crippen LogP contribution in [-0.2, 0) is 14.6 Å². The van der Waals surface area contributed by atoms with Crippen LogP contribution in [0.4, 0.5) is 4.79 Å². The van der Waals surface area contributed by atoms with Gasteiger partial charge in [-0.25, -0.2) is 13.2 Å². The van der Waals surface area contributed by atoms with Gasteiger partial charge in [-0.05, 0) is 20.5 Å². The Morgan fingerprint density at radius 1 is 1.37 bits per heavy atom. The summed E-state index contributed by atoms with van der Waals surface area (Å²) in [4.78, 5) is 15.6. The molecule has 0 bridgehead atoms. The Balaban J connectivity index is 2.66. The lowest BCUT2D eigenvalue weighted by Crippen LogP contribution is -2.49. The summed E-state index contributed by atoms with van der Waals surface area (Å²) in [5, 5.41) is 2.61. The topological polar surface area (TPSA) is 79.0 Å². The van der Waals surface area contributed by atoms with Crippen LogP contribution < -0.4 is 5.32 Å². The summed E-state index contributed by atoms with van der Waals surface area (Å²) in [5.74, 6) is 0.217. The van der Waals surface area contributed by atoms with Gasteiger partial charge in [-0.3, -0.25) is 0 Å². The molecule has 0 radical (unpaired) electrons. The van der Waals surface area contributed by atoms with Gasteiger partial charge >= 0.3 is 6.03 Å². The fourth-order valence-corrected chi connectivity index (χ4v) is 3.75. The van der Waals surface area contributed by atoms with E-state index in [1.54, 1.807) is 4.90 Å². The van der Waals surface area contributed by atoms with Crippen LogP contribution in [0, 0.1) is 0 Å². The van der Waals surface area contributed by atoms with Gasteiger partial charge in [0.2, 0.25) is 0 Å². The Morgan fingerprint density at radius 2 is 2.05 bits per heavy atom. The summed E-state index contributed by atoms with van der Waals surface area (Å²) in [5.41, 5.74) is 0. The number of nitrogens with one attached hydrogen (secondary N) is 1. The summed E-state index contributed by atoms with van der Waals surface area (Å²) in [6, 6.07) is -0.507. The molecule has 7 nitrogen and oxygen atoms in total. The highest BCUT2D eigenvalue weighted by Gasteiger charge is 2.34. The number of ether oxygens (including phenoxy) is 1. The lowest BCUT2D eigenvalue weighted by atomic mass is 10.2. The van der Waals surface area contributed by atoms with Crippen LogP contribution in [-0.4, -0.2) is 82.8 Å². The molecule has 0 aromatic heterocycles. The van der Waals surface area contributed by atoms with Crippen LogP contribution >= 0.6 is 0 Å². The number of likely N-dealkylation sites (N-methyl/N-ethyl adjacent to an activating group) is 1. The Kier molecular flexibility index (Phi) is 6.02. The third-order valence-electron chi connectivity index (χ3n) is 3.07. The van der Waals surface area contributed by atoms with E-state index in [4.69, 9.17) is 4.74 Å². The van der Waals surface area contributed by atoms with Crippen molar-refractivity contribution in [2.24, 2.45) is 0 Å². The van der Waals surface area contributed by atoms with Gasteiger partial charge < -0.3 is 19.9 Å². The van der Waals surface area contributed by atoms with E-state index in [0.29, 0.717) is 19.5 Å². The summed E-state index contributed by atoms with van der Waals surface area (Å²) >= 11 is 0. The van der Waals surface area contributed by atoms with E-state index in [0.717, 1.165) is 0 Å². The van der Waals surface area contributed by atoms with Gasteiger partial charge in [0.05, 0.1) is 11.5 Å². The molecule has 0 aromatic rings. The average molecular weight is 293 g/mol. The van der Waals surface area contributed by atoms with Crippen molar-refractivity contribution in [2.45, 2.75) is 12.5 Å². The van der Waals surface area contributed by atoms with Gasteiger partial charge in [0, 0.05) is 26.2 Å². The quantitative estimate of drug-likeness (QED) is 0.658. The van der Waals surface area contributed by atoms with Gasteiger partial charge in [0.15, 0.2) is 9.84 Å². The SMILES string of the molecule is COCNC(=O)N(CCN(C)C)C1CCS(=O)(=O)C1. The second-order valence-corrected chi connectivity index (χ2v) is 7.20. The predicted octanol–water partition coefficient (Wildman–Crippen LogP) is -0.649. The number of carbonyl (C=O) groups excluding carboxylic acids is 1. The number of carbonyl (C=O) groups is 1. The first-order chi connectivity index (χ1) is 8.85. The molecule has 1 heterocycles. The van der Waals surface area contributed by atoms with Crippen molar-refractivity contribution in [3.05, 3.63) is 0 Å². The maximum atomic E-state index is 12.0. The van der Waals surface area contributed by atoms with Crippen LogP contribution in [0.2, 0.25) is 0 Å². The van der Waals surface area contributed by atoms with Crippen molar-refractivity contribution < 1.29 is 17.9 Å². The molecule has 19 heavy (non-hydrogen) atoms. The summed E-state index contributed by atoms with van der Waals surface area (Å²) in [7, 11) is 2.32. The lowest BCUT2D eigenvalue weighted by molar-refractivity contribution is 0.141. The number of methoxy groups -OCH3 is 1. The fourth-order valence-electron chi connectivity index (χ4n) is 2.01. The zero-order valence-corrected chi connectivity index (χ0v) is 12.6. The highest BCUT2D eigenvalue weighted by Crippen LogP contribution is 2.17. The number of amides is 2. The third-order valence-corrected chi connectivity index (χ3v) is 4.82. The minimum atomic E-state index is -3.00. The first-order valence-corrected chi connectivity index (χ1v) is 8.06. The number of rotatable bonds is 6. The van der Waals surface area contributed by atoms with Gasteiger partial charge in [-0.1, -0.05) is 0 Å². The predicted molar refractivity (Wildman–Crippen MR) is 72.7 cm³/mol. The van der Waals surface area contributed by atoms with Gasteiger partial charge in [-0.2, -0.15) is 0 Å². The van der Waals surface area contributed by atoms with E-state index in [1.165, 1.54) is 7.11 Å². The zero-order chi connectivity index (χ0) is 14.5. The van der Waals surface area contributed by atoms with Crippen LogP contribution in [0.3, 0.4) is 0 Å². The van der Waals surface area contributed by atoms with Crippen molar-refractivity contribution in [1.82, 2.24) is 15.1 Å². The number of nitrogens with zero attached hydrogens (tertiary/aromatic N) is 2. The second-order valence-electron chi connectivity index (χ2n) is 4.97. The van der Waals surface area contributed by atoms with E-state index in [1.807, 2.05) is 19.0 Å². The van der Waals surface area contributed by atoms with Gasteiger partial charge in [0.1, 0.15) is 6.73 Å². The Labute approximate surface area is 114 Å². The molecule has 1 atom stereocenters. The molecule has 112 valence electrons. The van der Waals surface area contributed by atoms with Crippen LogP contribution in [0.25, 0.3) is 0 Å². The maximum Gasteiger partial charge on any atom is 0.319 e. The molecule has 2 amide bonds. The van der Waals surface area contributed by atoms with Gasteiger partial charge in [0.25, 0.3) is 0 Å². The Morgan fingerprint density at radius 3 is 2.53 bits per heavy atom. The maximum absolute atomic E-state index is 12.0. The van der Waals surface area contributed by atoms with Crippen LogP contribution in [0.5, 0.6) is 0 Å². The summed E-state index contributed by atoms with van der Waals surface area (Å²) in [6.45, 7) is 1.32. The van der Waals surface area contributed by atoms with E-state index in [9.17, 15) is 13.2 Å². The normalized spacial score (nSPS) is 21.6. The molecule has 1 N–H and O–H groups in total. The molecule has 1 aliphatic rings. The first-order valence-electron chi connectivity index (χ1n) is 6.24. The fraction of sp³-hybridized carbons (Fsp3) is 0.909. The number of hydrogen-bond donors (Lipinski definition) is 1. The van der Waals surface area contributed by atoms with E-state index in [2.05, 4.69) is 5.32 Å².